The zero-order valence-corrected chi connectivity index (χ0v) is 17.2. The van der Waals surface area contributed by atoms with Gasteiger partial charge in [0.15, 0.2) is 0 Å². The van der Waals surface area contributed by atoms with Crippen LogP contribution in [0.1, 0.15) is 51.3 Å². The number of hydrogen-bond acceptors (Lipinski definition) is 5. The van der Waals surface area contributed by atoms with E-state index in [2.05, 4.69) is 35.4 Å². The number of methoxy groups -OCH3 is 1. The van der Waals surface area contributed by atoms with Crippen molar-refractivity contribution in [2.75, 3.05) is 38.7 Å². The quantitative estimate of drug-likeness (QED) is 0.732. The highest BCUT2D eigenvalue weighted by Gasteiger charge is 2.44. The van der Waals surface area contributed by atoms with Crippen molar-refractivity contribution in [3.8, 4) is 0 Å². The molecule has 1 aliphatic heterocycles. The van der Waals surface area contributed by atoms with Crippen LogP contribution >= 0.6 is 0 Å². The Morgan fingerprint density at radius 1 is 1.41 bits per heavy atom. The number of rotatable bonds is 8. The molecule has 1 amide bonds. The lowest BCUT2D eigenvalue weighted by Crippen LogP contribution is -2.56. The van der Waals surface area contributed by atoms with Crippen molar-refractivity contribution >= 4 is 11.7 Å². The Morgan fingerprint density at radius 3 is 2.81 bits per heavy atom. The maximum absolute atomic E-state index is 13.3. The van der Waals surface area contributed by atoms with Gasteiger partial charge in [-0.15, -0.1) is 0 Å². The maximum Gasteiger partial charge on any atom is 0.233 e. The summed E-state index contributed by atoms with van der Waals surface area (Å²) in [7, 11) is 1.72. The van der Waals surface area contributed by atoms with Crippen molar-refractivity contribution in [3.05, 3.63) is 23.4 Å². The van der Waals surface area contributed by atoms with Crippen molar-refractivity contribution in [1.82, 2.24) is 15.2 Å². The Labute approximate surface area is 163 Å². The molecule has 150 valence electrons. The van der Waals surface area contributed by atoms with Crippen LogP contribution in [-0.4, -0.2) is 55.2 Å². The van der Waals surface area contributed by atoms with Crippen molar-refractivity contribution < 1.29 is 9.53 Å². The van der Waals surface area contributed by atoms with Crippen LogP contribution in [0.2, 0.25) is 0 Å². The lowest BCUT2D eigenvalue weighted by Gasteiger charge is -2.41. The van der Waals surface area contributed by atoms with Gasteiger partial charge in [-0.05, 0) is 43.7 Å². The molecule has 0 saturated heterocycles. The van der Waals surface area contributed by atoms with E-state index in [-0.39, 0.29) is 5.91 Å². The first-order valence-electron chi connectivity index (χ1n) is 10.2. The third-order valence-corrected chi connectivity index (χ3v) is 5.68. The van der Waals surface area contributed by atoms with Gasteiger partial charge in [-0.3, -0.25) is 9.69 Å². The minimum atomic E-state index is -0.646. The molecule has 0 aromatic carbocycles. The molecule has 0 bridgehead atoms. The highest BCUT2D eigenvalue weighted by Crippen LogP contribution is 2.34. The number of aromatic nitrogens is 1. The van der Waals surface area contributed by atoms with Crippen molar-refractivity contribution in [2.24, 2.45) is 5.92 Å². The van der Waals surface area contributed by atoms with Crippen LogP contribution in [0.4, 0.5) is 5.82 Å². The van der Waals surface area contributed by atoms with Crippen LogP contribution < -0.4 is 10.6 Å². The maximum atomic E-state index is 13.3. The summed E-state index contributed by atoms with van der Waals surface area (Å²) in [4.78, 5) is 20.4. The van der Waals surface area contributed by atoms with Gasteiger partial charge in [0.1, 0.15) is 11.2 Å². The van der Waals surface area contributed by atoms with E-state index in [0.29, 0.717) is 25.1 Å². The fraction of sp³-hybridized carbons (Fsp3) is 0.714. The Kier molecular flexibility index (Phi) is 6.37. The minimum Gasteiger partial charge on any atom is -0.383 e. The molecule has 1 aromatic rings. The topological polar surface area (TPSA) is 66.5 Å². The van der Waals surface area contributed by atoms with Crippen LogP contribution in [0.15, 0.2) is 12.1 Å². The molecule has 3 rings (SSSR count). The van der Waals surface area contributed by atoms with Crippen LogP contribution in [0, 0.1) is 5.92 Å². The van der Waals surface area contributed by atoms with Gasteiger partial charge in [0.25, 0.3) is 0 Å². The first-order valence-corrected chi connectivity index (χ1v) is 10.2. The van der Waals surface area contributed by atoms with E-state index in [9.17, 15) is 4.79 Å². The lowest BCUT2D eigenvalue weighted by atomic mass is 9.78. The van der Waals surface area contributed by atoms with Gasteiger partial charge >= 0.3 is 0 Å². The molecule has 27 heavy (non-hydrogen) atoms. The summed E-state index contributed by atoms with van der Waals surface area (Å²) in [5.74, 6) is 1.50. The largest absolute Gasteiger partial charge is 0.383 e. The second-order valence-corrected chi connectivity index (χ2v) is 8.62. The van der Waals surface area contributed by atoms with Crippen LogP contribution in [0.3, 0.4) is 0 Å². The SMILES string of the molecule is COCCN1Cc2ccc(NCC(C)C)nc2C(C)(C(=O)NC2CCC2)C1. The summed E-state index contributed by atoms with van der Waals surface area (Å²) < 4.78 is 5.26. The first kappa shape index (κ1) is 20.1. The first-order chi connectivity index (χ1) is 12.9. The third kappa shape index (κ3) is 4.61. The van der Waals surface area contributed by atoms with Crippen LogP contribution in [0.5, 0.6) is 0 Å². The van der Waals surface area contributed by atoms with E-state index in [0.717, 1.165) is 49.6 Å². The normalized spacial score (nSPS) is 23.0. The minimum absolute atomic E-state index is 0.101. The van der Waals surface area contributed by atoms with Crippen molar-refractivity contribution in [2.45, 2.75) is 58.0 Å². The van der Waals surface area contributed by atoms with E-state index in [1.54, 1.807) is 7.11 Å². The summed E-state index contributed by atoms with van der Waals surface area (Å²) in [5, 5.41) is 6.66. The number of fused-ring (bicyclic) bond motifs is 1. The van der Waals surface area contributed by atoms with Crippen LogP contribution in [0.25, 0.3) is 0 Å². The van der Waals surface area contributed by atoms with Crippen LogP contribution in [-0.2, 0) is 21.5 Å². The number of carbonyl (C=O) groups excluding carboxylic acids is 1. The number of amides is 1. The Balaban J connectivity index is 1.86. The Hall–Kier alpha value is -1.66. The van der Waals surface area contributed by atoms with Gasteiger partial charge < -0.3 is 15.4 Å². The van der Waals surface area contributed by atoms with Crippen molar-refractivity contribution in [1.29, 1.82) is 0 Å². The van der Waals surface area contributed by atoms with Gasteiger partial charge in [-0.2, -0.15) is 0 Å². The number of carbonyl (C=O) groups is 1. The van der Waals surface area contributed by atoms with E-state index in [4.69, 9.17) is 9.72 Å². The summed E-state index contributed by atoms with van der Waals surface area (Å²) in [6.07, 6.45) is 3.39. The summed E-state index contributed by atoms with van der Waals surface area (Å²) in [6.45, 7) is 10.2. The Morgan fingerprint density at radius 2 is 2.19 bits per heavy atom. The van der Waals surface area contributed by atoms with E-state index in [1.807, 2.05) is 13.0 Å². The molecule has 1 aliphatic carbocycles. The average Bonchev–Trinajstić information content (AvgIpc) is 2.61. The van der Waals surface area contributed by atoms with Gasteiger partial charge in [-0.25, -0.2) is 4.98 Å². The van der Waals surface area contributed by atoms with Gasteiger partial charge in [-0.1, -0.05) is 19.9 Å². The highest BCUT2D eigenvalue weighted by molar-refractivity contribution is 5.88. The number of pyridine rings is 1. The smallest absolute Gasteiger partial charge is 0.233 e. The summed E-state index contributed by atoms with van der Waals surface area (Å²) in [5.41, 5.74) is 1.41. The molecule has 0 spiro atoms. The zero-order valence-electron chi connectivity index (χ0n) is 17.2. The molecule has 1 aromatic heterocycles. The van der Waals surface area contributed by atoms with E-state index >= 15 is 0 Å². The van der Waals surface area contributed by atoms with E-state index < -0.39 is 5.41 Å². The summed E-state index contributed by atoms with van der Waals surface area (Å²) in [6, 6.07) is 4.48. The monoisotopic (exact) mass is 374 g/mol. The third-order valence-electron chi connectivity index (χ3n) is 5.68. The molecule has 2 aliphatic rings. The molecule has 1 atom stereocenters. The zero-order chi connectivity index (χ0) is 19.4. The number of nitrogens with one attached hydrogen (secondary N) is 2. The highest BCUT2D eigenvalue weighted by atomic mass is 16.5. The number of hydrogen-bond donors (Lipinski definition) is 2. The number of anilines is 1. The molecule has 1 saturated carbocycles. The Bertz CT molecular complexity index is 660. The van der Waals surface area contributed by atoms with E-state index in [1.165, 1.54) is 6.42 Å². The molecule has 1 unspecified atom stereocenters. The molecule has 2 N–H and O–H groups in total. The second-order valence-electron chi connectivity index (χ2n) is 8.62. The fourth-order valence-electron chi connectivity index (χ4n) is 3.77. The standard InChI is InChI=1S/C21H34N4O2/c1-15(2)12-22-18-9-8-16-13-25(10-11-27-4)14-21(3,19(16)24-18)20(26)23-17-6-5-7-17/h8-9,15,17H,5-7,10-14H2,1-4H3,(H,22,24)(H,23,26). The molecular weight excluding hydrogens is 340 g/mol. The molecule has 1 fully saturated rings. The predicted octanol–water partition coefficient (Wildman–Crippen LogP) is 2.54. The number of ether oxygens (including phenoxy) is 1. The molecule has 0 radical (unpaired) electrons. The van der Waals surface area contributed by atoms with Gasteiger partial charge in [0, 0.05) is 39.3 Å². The summed E-state index contributed by atoms with van der Waals surface area (Å²) >= 11 is 0. The van der Waals surface area contributed by atoms with Gasteiger partial charge in [0.05, 0.1) is 12.3 Å². The molecular formula is C21H34N4O2. The van der Waals surface area contributed by atoms with Gasteiger partial charge in [0.2, 0.25) is 5.91 Å². The lowest BCUT2D eigenvalue weighted by molar-refractivity contribution is -0.129. The molecule has 6 heteroatoms. The fourth-order valence-corrected chi connectivity index (χ4v) is 3.77. The second kappa shape index (κ2) is 8.57. The average molecular weight is 375 g/mol. The molecule has 2 heterocycles. The predicted molar refractivity (Wildman–Crippen MR) is 108 cm³/mol. The number of nitrogens with zero attached hydrogens (tertiary/aromatic N) is 2. The molecule has 6 nitrogen and oxygen atoms in total. The van der Waals surface area contributed by atoms with Crippen molar-refractivity contribution in [3.63, 3.8) is 0 Å².